The molecule has 0 aliphatic rings. The van der Waals surface area contributed by atoms with Gasteiger partial charge in [-0.3, -0.25) is 0 Å². The minimum Gasteiger partial charge on any atom is -0.481 e. The lowest BCUT2D eigenvalue weighted by Gasteiger charge is -2.17. The molecule has 0 aliphatic heterocycles. The fraction of sp³-hybridized carbons (Fsp3) is 0.636. The topological polar surface area (TPSA) is 96.5 Å². The van der Waals surface area contributed by atoms with E-state index in [0.29, 0.717) is 24.5 Å². The molecule has 1 rings (SSSR count). The number of nitrogens with zero attached hydrogens (tertiary/aromatic N) is 3. The molecule has 0 saturated heterocycles. The van der Waals surface area contributed by atoms with Gasteiger partial charge in [0.05, 0.1) is 7.11 Å². The average molecular weight is 303 g/mol. The molecule has 8 nitrogen and oxygen atoms in total. The van der Waals surface area contributed by atoms with E-state index in [1.165, 1.54) is 18.5 Å². The Morgan fingerprint density at radius 1 is 1.40 bits per heavy atom. The molecule has 0 fully saturated rings. The second kappa shape index (κ2) is 7.36. The van der Waals surface area contributed by atoms with Crippen LogP contribution in [0.2, 0.25) is 0 Å². The lowest BCUT2D eigenvalue weighted by atomic mass is 10.4. The van der Waals surface area contributed by atoms with Crippen LogP contribution in [0, 0.1) is 6.92 Å². The quantitative estimate of drug-likeness (QED) is 0.656. The summed E-state index contributed by atoms with van der Waals surface area (Å²) in [5.74, 6) is 0.315. The standard InChI is InChI=1S/C11H21N5O3S/c1-9-8-10(19-4)14-11(13-9)15-20(17,18)16(3)7-5-6-12-2/h8,12H,5-7H2,1-4H3,(H,13,14,15). The van der Waals surface area contributed by atoms with Gasteiger partial charge in [0.1, 0.15) is 0 Å². The van der Waals surface area contributed by atoms with Gasteiger partial charge in [-0.1, -0.05) is 0 Å². The number of aromatic nitrogens is 2. The number of aryl methyl sites for hydroxylation is 1. The summed E-state index contributed by atoms with van der Waals surface area (Å²) in [5, 5.41) is 2.96. The van der Waals surface area contributed by atoms with Gasteiger partial charge in [0, 0.05) is 25.4 Å². The zero-order valence-electron chi connectivity index (χ0n) is 12.2. The highest BCUT2D eigenvalue weighted by molar-refractivity contribution is 7.90. The lowest BCUT2D eigenvalue weighted by Crippen LogP contribution is -2.34. The molecule has 0 aromatic carbocycles. The van der Waals surface area contributed by atoms with Crippen LogP contribution in [0.3, 0.4) is 0 Å². The summed E-state index contributed by atoms with van der Waals surface area (Å²) in [5.41, 5.74) is 0.618. The molecule has 20 heavy (non-hydrogen) atoms. The van der Waals surface area contributed by atoms with E-state index in [2.05, 4.69) is 20.0 Å². The van der Waals surface area contributed by atoms with E-state index in [0.717, 1.165) is 6.54 Å². The SMILES string of the molecule is CNCCCN(C)S(=O)(=O)Nc1nc(C)cc(OC)n1. The number of anilines is 1. The number of nitrogens with one attached hydrogen (secondary N) is 2. The van der Waals surface area contributed by atoms with Crippen LogP contribution in [0.5, 0.6) is 5.88 Å². The van der Waals surface area contributed by atoms with Crippen LogP contribution in [-0.4, -0.2) is 57.0 Å². The van der Waals surface area contributed by atoms with Crippen molar-refractivity contribution in [3.05, 3.63) is 11.8 Å². The van der Waals surface area contributed by atoms with Gasteiger partial charge in [-0.25, -0.2) is 9.71 Å². The van der Waals surface area contributed by atoms with Crippen molar-refractivity contribution in [1.29, 1.82) is 0 Å². The highest BCUT2D eigenvalue weighted by Crippen LogP contribution is 2.13. The summed E-state index contributed by atoms with van der Waals surface area (Å²) in [6.45, 7) is 2.88. The predicted molar refractivity (Wildman–Crippen MR) is 77.0 cm³/mol. The molecule has 2 N–H and O–H groups in total. The molecule has 0 aliphatic carbocycles. The third-order valence-corrected chi connectivity index (χ3v) is 4.01. The molecular weight excluding hydrogens is 282 g/mol. The summed E-state index contributed by atoms with van der Waals surface area (Å²) >= 11 is 0. The fourth-order valence-corrected chi connectivity index (χ4v) is 2.33. The Bertz CT molecular complexity index is 535. The van der Waals surface area contributed by atoms with E-state index in [4.69, 9.17) is 4.74 Å². The molecule has 0 saturated carbocycles. The smallest absolute Gasteiger partial charge is 0.303 e. The summed E-state index contributed by atoms with van der Waals surface area (Å²) in [6, 6.07) is 1.62. The van der Waals surface area contributed by atoms with E-state index in [-0.39, 0.29) is 5.95 Å². The Morgan fingerprint density at radius 2 is 2.10 bits per heavy atom. The van der Waals surface area contributed by atoms with Crippen molar-refractivity contribution in [3.8, 4) is 5.88 Å². The largest absolute Gasteiger partial charge is 0.481 e. The van der Waals surface area contributed by atoms with Crippen LogP contribution in [-0.2, 0) is 10.2 Å². The molecule has 9 heteroatoms. The normalized spacial score (nSPS) is 11.7. The number of ether oxygens (including phenoxy) is 1. The van der Waals surface area contributed by atoms with Crippen LogP contribution in [0.15, 0.2) is 6.07 Å². The number of rotatable bonds is 8. The molecule has 0 radical (unpaired) electrons. The van der Waals surface area contributed by atoms with E-state index in [9.17, 15) is 8.42 Å². The minimum atomic E-state index is -3.66. The van der Waals surface area contributed by atoms with Crippen molar-refractivity contribution in [2.75, 3.05) is 39.0 Å². The predicted octanol–water partition coefficient (Wildman–Crippen LogP) is -0.00838. The number of methoxy groups -OCH3 is 1. The van der Waals surface area contributed by atoms with E-state index in [1.54, 1.807) is 13.0 Å². The van der Waals surface area contributed by atoms with Crippen LogP contribution in [0.1, 0.15) is 12.1 Å². The first-order chi connectivity index (χ1) is 9.39. The first kappa shape index (κ1) is 16.6. The van der Waals surface area contributed by atoms with Crippen molar-refractivity contribution in [2.24, 2.45) is 0 Å². The second-order valence-electron chi connectivity index (χ2n) is 4.26. The maximum absolute atomic E-state index is 12.1. The van der Waals surface area contributed by atoms with Gasteiger partial charge < -0.3 is 10.1 Å². The molecule has 0 spiro atoms. The molecule has 1 aromatic rings. The van der Waals surface area contributed by atoms with E-state index >= 15 is 0 Å². The molecule has 1 heterocycles. The monoisotopic (exact) mass is 303 g/mol. The van der Waals surface area contributed by atoms with Gasteiger partial charge in [-0.15, -0.1) is 0 Å². The average Bonchev–Trinajstić information content (AvgIpc) is 2.37. The summed E-state index contributed by atoms with van der Waals surface area (Å²) in [7, 11) is 1.13. The summed E-state index contributed by atoms with van der Waals surface area (Å²) in [4.78, 5) is 7.98. The zero-order valence-corrected chi connectivity index (χ0v) is 13.0. The van der Waals surface area contributed by atoms with E-state index < -0.39 is 10.2 Å². The van der Waals surface area contributed by atoms with Crippen LogP contribution >= 0.6 is 0 Å². The molecule has 0 unspecified atom stereocenters. The van der Waals surface area contributed by atoms with Gasteiger partial charge in [-0.2, -0.15) is 17.7 Å². The van der Waals surface area contributed by atoms with E-state index in [1.807, 2.05) is 7.05 Å². The first-order valence-electron chi connectivity index (χ1n) is 6.17. The van der Waals surface area contributed by atoms with Crippen LogP contribution in [0.4, 0.5) is 5.95 Å². The van der Waals surface area contributed by atoms with Crippen molar-refractivity contribution in [2.45, 2.75) is 13.3 Å². The minimum absolute atomic E-state index is 0.00214. The number of hydrogen-bond acceptors (Lipinski definition) is 6. The molecule has 1 aromatic heterocycles. The van der Waals surface area contributed by atoms with Gasteiger partial charge in [0.2, 0.25) is 11.8 Å². The van der Waals surface area contributed by atoms with Crippen molar-refractivity contribution in [1.82, 2.24) is 19.6 Å². The molecule has 0 atom stereocenters. The van der Waals surface area contributed by atoms with Crippen molar-refractivity contribution < 1.29 is 13.2 Å². The summed E-state index contributed by atoms with van der Waals surface area (Å²) in [6.07, 6.45) is 0.714. The number of hydrogen-bond donors (Lipinski definition) is 2. The Labute approximate surface area is 119 Å². The zero-order chi connectivity index (χ0) is 15.2. The van der Waals surface area contributed by atoms with Crippen LogP contribution in [0.25, 0.3) is 0 Å². The van der Waals surface area contributed by atoms with Gasteiger partial charge in [-0.05, 0) is 26.9 Å². The van der Waals surface area contributed by atoms with Gasteiger partial charge >= 0.3 is 10.2 Å². The third kappa shape index (κ3) is 4.91. The highest BCUT2D eigenvalue weighted by Gasteiger charge is 2.19. The first-order valence-corrected chi connectivity index (χ1v) is 7.61. The van der Waals surface area contributed by atoms with Crippen molar-refractivity contribution in [3.63, 3.8) is 0 Å². The van der Waals surface area contributed by atoms with Gasteiger partial charge in [0.25, 0.3) is 0 Å². The maximum Gasteiger partial charge on any atom is 0.303 e. The lowest BCUT2D eigenvalue weighted by molar-refractivity contribution is 0.397. The van der Waals surface area contributed by atoms with Crippen LogP contribution < -0.4 is 14.8 Å². The molecule has 0 bridgehead atoms. The maximum atomic E-state index is 12.1. The molecule has 0 amide bonds. The second-order valence-corrected chi connectivity index (χ2v) is 6.04. The Kier molecular flexibility index (Phi) is 6.11. The van der Waals surface area contributed by atoms with Crippen molar-refractivity contribution >= 4 is 16.2 Å². The van der Waals surface area contributed by atoms with Gasteiger partial charge in [0.15, 0.2) is 0 Å². The fourth-order valence-electron chi connectivity index (χ4n) is 1.48. The summed E-state index contributed by atoms with van der Waals surface area (Å²) < 4.78 is 32.7. The third-order valence-electron chi connectivity index (χ3n) is 2.57. The Morgan fingerprint density at radius 3 is 2.70 bits per heavy atom. The Balaban J connectivity index is 2.77. The molecular formula is C11H21N5O3S. The molecule has 114 valence electrons. The Hall–Kier alpha value is -1.45. The highest BCUT2D eigenvalue weighted by atomic mass is 32.2.